The smallest absolute Gasteiger partial charge is 0.404 e. The zero-order valence-corrected chi connectivity index (χ0v) is 18.2. The number of nitrogens with zero attached hydrogens (tertiary/aromatic N) is 3. The van der Waals surface area contributed by atoms with E-state index in [0.717, 1.165) is 39.5 Å². The van der Waals surface area contributed by atoms with Crippen LogP contribution in [0.15, 0.2) is 30.3 Å². The number of imidazole rings is 1. The number of anilines is 1. The van der Waals surface area contributed by atoms with Gasteiger partial charge in [0.2, 0.25) is 0 Å². The molecule has 0 radical (unpaired) electrons. The van der Waals surface area contributed by atoms with Crippen LogP contribution in [0.3, 0.4) is 0 Å². The molecular weight excluding hydrogens is 396 g/mol. The number of rotatable bonds is 11. The highest BCUT2D eigenvalue weighted by Gasteiger charge is 2.19. The largest absolute Gasteiger partial charge is 0.465 e. The van der Waals surface area contributed by atoms with Gasteiger partial charge in [-0.05, 0) is 38.3 Å². The summed E-state index contributed by atoms with van der Waals surface area (Å²) in [4.78, 5) is 20.2. The number of hydrogen-bond acceptors (Lipinski definition) is 6. The fraction of sp³-hybridized carbons (Fsp3) is 0.409. The fourth-order valence-electron chi connectivity index (χ4n) is 3.29. The average molecular weight is 427 g/mol. The van der Waals surface area contributed by atoms with E-state index in [-0.39, 0.29) is 0 Å². The van der Waals surface area contributed by atoms with Crippen molar-refractivity contribution in [1.82, 2.24) is 20.0 Å². The van der Waals surface area contributed by atoms with Gasteiger partial charge in [-0.25, -0.2) is 19.4 Å². The number of nitrogens with one attached hydrogen (secondary N) is 3. The SMILES string of the molecule is CCOCc1nc2c(NCc3ccccc3)nc(C)c(C)c2n1NCCCNC(=O)O. The van der Waals surface area contributed by atoms with Crippen molar-refractivity contribution in [1.29, 1.82) is 0 Å². The summed E-state index contributed by atoms with van der Waals surface area (Å²) >= 11 is 0. The van der Waals surface area contributed by atoms with Crippen LogP contribution < -0.4 is 16.1 Å². The number of aromatic nitrogens is 3. The molecule has 0 aliphatic rings. The maximum absolute atomic E-state index is 10.6. The molecule has 166 valence electrons. The fourth-order valence-corrected chi connectivity index (χ4v) is 3.29. The lowest BCUT2D eigenvalue weighted by molar-refractivity contribution is 0.127. The van der Waals surface area contributed by atoms with Crippen LogP contribution in [0.5, 0.6) is 0 Å². The van der Waals surface area contributed by atoms with Gasteiger partial charge >= 0.3 is 6.09 Å². The van der Waals surface area contributed by atoms with E-state index in [2.05, 4.69) is 28.2 Å². The van der Waals surface area contributed by atoms with Gasteiger partial charge in [-0.3, -0.25) is 0 Å². The highest BCUT2D eigenvalue weighted by Crippen LogP contribution is 2.27. The highest BCUT2D eigenvalue weighted by atomic mass is 16.5. The number of benzene rings is 1. The maximum Gasteiger partial charge on any atom is 0.404 e. The van der Waals surface area contributed by atoms with Crippen molar-refractivity contribution in [2.24, 2.45) is 0 Å². The molecule has 3 rings (SSSR count). The molecule has 0 saturated carbocycles. The Morgan fingerprint density at radius 1 is 1.16 bits per heavy atom. The third-order valence-electron chi connectivity index (χ3n) is 4.99. The van der Waals surface area contributed by atoms with Crippen molar-refractivity contribution in [3.05, 3.63) is 53.0 Å². The van der Waals surface area contributed by atoms with Crippen LogP contribution >= 0.6 is 0 Å². The van der Waals surface area contributed by atoms with Crippen LogP contribution in [0.2, 0.25) is 0 Å². The Morgan fingerprint density at radius 2 is 1.94 bits per heavy atom. The van der Waals surface area contributed by atoms with Gasteiger partial charge in [0.1, 0.15) is 12.1 Å². The summed E-state index contributed by atoms with van der Waals surface area (Å²) in [5, 5.41) is 14.5. The molecule has 2 heterocycles. The number of amides is 1. The van der Waals surface area contributed by atoms with Crippen molar-refractivity contribution in [3.8, 4) is 0 Å². The standard InChI is InChI=1S/C22H30N6O3/c1-4-31-14-18-27-19-20(28(18)25-12-8-11-23-22(29)30)15(2)16(3)26-21(19)24-13-17-9-6-5-7-10-17/h5-7,9-10,23,25H,4,8,11-14H2,1-3H3,(H,24,26)(H,29,30). The van der Waals surface area contributed by atoms with Gasteiger partial charge < -0.3 is 25.9 Å². The first kappa shape index (κ1) is 22.4. The molecule has 1 amide bonds. The molecule has 2 aromatic heterocycles. The minimum Gasteiger partial charge on any atom is -0.465 e. The molecule has 0 bridgehead atoms. The number of carbonyl (C=O) groups is 1. The first-order valence-corrected chi connectivity index (χ1v) is 10.5. The van der Waals surface area contributed by atoms with E-state index < -0.39 is 6.09 Å². The second kappa shape index (κ2) is 10.6. The molecule has 0 fully saturated rings. The highest BCUT2D eigenvalue weighted by molar-refractivity contribution is 5.90. The van der Waals surface area contributed by atoms with Gasteiger partial charge in [0, 0.05) is 31.9 Å². The molecule has 9 heteroatoms. The summed E-state index contributed by atoms with van der Waals surface area (Å²) in [5.74, 6) is 1.48. The Kier molecular flexibility index (Phi) is 7.66. The summed E-state index contributed by atoms with van der Waals surface area (Å²) in [6.45, 7) is 8.51. The van der Waals surface area contributed by atoms with Crippen LogP contribution in [0, 0.1) is 13.8 Å². The third-order valence-corrected chi connectivity index (χ3v) is 4.99. The van der Waals surface area contributed by atoms with E-state index in [1.807, 2.05) is 43.6 Å². The van der Waals surface area contributed by atoms with Gasteiger partial charge in [0.15, 0.2) is 11.6 Å². The molecule has 9 nitrogen and oxygen atoms in total. The molecule has 1 aromatic carbocycles. The third kappa shape index (κ3) is 5.64. The van der Waals surface area contributed by atoms with Gasteiger partial charge in [0.05, 0.1) is 5.52 Å². The normalized spacial score (nSPS) is 10.9. The number of hydrogen-bond donors (Lipinski definition) is 4. The Labute approximate surface area is 181 Å². The summed E-state index contributed by atoms with van der Waals surface area (Å²) in [6.07, 6.45) is -0.376. The van der Waals surface area contributed by atoms with E-state index in [9.17, 15) is 4.79 Å². The minimum atomic E-state index is -1.02. The van der Waals surface area contributed by atoms with Crippen molar-refractivity contribution in [2.45, 2.75) is 40.3 Å². The van der Waals surface area contributed by atoms with E-state index in [1.165, 1.54) is 0 Å². The molecular formula is C22H30N6O3. The summed E-state index contributed by atoms with van der Waals surface area (Å²) in [5.41, 5.74) is 8.22. The lowest BCUT2D eigenvalue weighted by Crippen LogP contribution is -2.26. The molecule has 3 aromatic rings. The van der Waals surface area contributed by atoms with Crippen molar-refractivity contribution in [2.75, 3.05) is 30.4 Å². The summed E-state index contributed by atoms with van der Waals surface area (Å²) in [7, 11) is 0. The molecule has 0 saturated heterocycles. The molecule has 31 heavy (non-hydrogen) atoms. The second-order valence-corrected chi connectivity index (χ2v) is 7.20. The minimum absolute atomic E-state index is 0.363. The number of fused-ring (bicyclic) bond motifs is 1. The van der Waals surface area contributed by atoms with Crippen molar-refractivity contribution >= 4 is 22.9 Å². The van der Waals surface area contributed by atoms with E-state index in [1.54, 1.807) is 0 Å². The Bertz CT molecular complexity index is 1020. The lowest BCUT2D eigenvalue weighted by atomic mass is 10.2. The quantitative estimate of drug-likeness (QED) is 0.348. The van der Waals surface area contributed by atoms with Gasteiger partial charge in [-0.2, -0.15) is 0 Å². The topological polar surface area (TPSA) is 113 Å². The predicted octanol–water partition coefficient (Wildman–Crippen LogP) is 3.40. The number of pyridine rings is 1. The van der Waals surface area contributed by atoms with E-state index in [4.69, 9.17) is 19.8 Å². The Balaban J connectivity index is 1.90. The number of carboxylic acid groups (broad SMARTS) is 1. The second-order valence-electron chi connectivity index (χ2n) is 7.20. The molecule has 4 N–H and O–H groups in total. The predicted molar refractivity (Wildman–Crippen MR) is 121 cm³/mol. The Hall–Kier alpha value is -3.33. The zero-order chi connectivity index (χ0) is 22.2. The molecule has 0 atom stereocenters. The molecule has 0 aliphatic carbocycles. The molecule has 0 unspecified atom stereocenters. The van der Waals surface area contributed by atoms with Gasteiger partial charge in [0.25, 0.3) is 0 Å². The summed E-state index contributed by atoms with van der Waals surface area (Å²) in [6, 6.07) is 10.2. The zero-order valence-electron chi connectivity index (χ0n) is 18.2. The van der Waals surface area contributed by atoms with Crippen LogP contribution in [0.25, 0.3) is 11.0 Å². The van der Waals surface area contributed by atoms with Gasteiger partial charge in [-0.1, -0.05) is 30.3 Å². The van der Waals surface area contributed by atoms with Gasteiger partial charge in [-0.15, -0.1) is 0 Å². The van der Waals surface area contributed by atoms with Crippen LogP contribution in [-0.4, -0.2) is 45.5 Å². The van der Waals surface area contributed by atoms with Crippen molar-refractivity contribution in [3.63, 3.8) is 0 Å². The van der Waals surface area contributed by atoms with Crippen LogP contribution in [-0.2, 0) is 17.9 Å². The molecule has 0 spiro atoms. The Morgan fingerprint density at radius 3 is 2.65 bits per heavy atom. The lowest BCUT2D eigenvalue weighted by Gasteiger charge is -2.15. The monoisotopic (exact) mass is 426 g/mol. The average Bonchev–Trinajstić information content (AvgIpc) is 3.12. The van der Waals surface area contributed by atoms with Crippen LogP contribution in [0.1, 0.15) is 36.0 Å². The van der Waals surface area contributed by atoms with E-state index >= 15 is 0 Å². The van der Waals surface area contributed by atoms with Crippen LogP contribution in [0.4, 0.5) is 10.6 Å². The van der Waals surface area contributed by atoms with E-state index in [0.29, 0.717) is 39.3 Å². The first-order chi connectivity index (χ1) is 15.0. The van der Waals surface area contributed by atoms with Crippen molar-refractivity contribution < 1.29 is 14.6 Å². The number of aryl methyl sites for hydroxylation is 2. The number of ether oxygens (including phenoxy) is 1. The first-order valence-electron chi connectivity index (χ1n) is 10.5. The summed E-state index contributed by atoms with van der Waals surface area (Å²) < 4.78 is 7.58. The maximum atomic E-state index is 10.6. The molecule has 0 aliphatic heterocycles.